The first-order valence-electron chi connectivity index (χ1n) is 7.82. The van der Waals surface area contributed by atoms with E-state index in [-0.39, 0.29) is 6.03 Å². The SMILES string of the molecule is Cc1cccc(CNC(=O)NCCOc2ccc(C)c(C)c2)c1. The van der Waals surface area contributed by atoms with Gasteiger partial charge in [-0.2, -0.15) is 0 Å². The predicted octanol–water partition coefficient (Wildman–Crippen LogP) is 3.49. The number of hydrogen-bond donors (Lipinski definition) is 2. The van der Waals surface area contributed by atoms with E-state index in [4.69, 9.17) is 4.74 Å². The molecule has 2 N–H and O–H groups in total. The number of urea groups is 1. The maximum atomic E-state index is 11.7. The van der Waals surface area contributed by atoms with E-state index in [2.05, 4.69) is 30.5 Å². The molecule has 0 heterocycles. The van der Waals surface area contributed by atoms with Gasteiger partial charge < -0.3 is 15.4 Å². The van der Waals surface area contributed by atoms with Gasteiger partial charge in [-0.25, -0.2) is 4.79 Å². The van der Waals surface area contributed by atoms with Crippen LogP contribution in [0.1, 0.15) is 22.3 Å². The molecule has 0 aliphatic carbocycles. The van der Waals surface area contributed by atoms with Crippen LogP contribution in [0.5, 0.6) is 5.75 Å². The summed E-state index contributed by atoms with van der Waals surface area (Å²) in [4.78, 5) is 11.7. The summed E-state index contributed by atoms with van der Waals surface area (Å²) < 4.78 is 5.63. The molecule has 0 atom stereocenters. The van der Waals surface area contributed by atoms with Gasteiger partial charge >= 0.3 is 6.03 Å². The van der Waals surface area contributed by atoms with Gasteiger partial charge in [0.1, 0.15) is 12.4 Å². The van der Waals surface area contributed by atoms with E-state index in [0.29, 0.717) is 19.7 Å². The first kappa shape index (κ1) is 16.9. The van der Waals surface area contributed by atoms with Crippen molar-refractivity contribution in [3.8, 4) is 5.75 Å². The minimum atomic E-state index is -0.185. The van der Waals surface area contributed by atoms with Crippen molar-refractivity contribution in [3.63, 3.8) is 0 Å². The van der Waals surface area contributed by atoms with Crippen molar-refractivity contribution in [1.29, 1.82) is 0 Å². The van der Waals surface area contributed by atoms with E-state index in [9.17, 15) is 4.79 Å². The van der Waals surface area contributed by atoms with Gasteiger partial charge in [0.05, 0.1) is 6.54 Å². The number of hydrogen-bond acceptors (Lipinski definition) is 2. The monoisotopic (exact) mass is 312 g/mol. The minimum Gasteiger partial charge on any atom is -0.492 e. The van der Waals surface area contributed by atoms with E-state index in [1.165, 1.54) is 16.7 Å². The minimum absolute atomic E-state index is 0.185. The lowest BCUT2D eigenvalue weighted by atomic mass is 10.1. The molecule has 122 valence electrons. The van der Waals surface area contributed by atoms with Gasteiger partial charge in [-0.15, -0.1) is 0 Å². The fourth-order valence-electron chi connectivity index (χ4n) is 2.20. The average Bonchev–Trinajstić information content (AvgIpc) is 2.53. The van der Waals surface area contributed by atoms with E-state index >= 15 is 0 Å². The molecule has 2 aromatic rings. The van der Waals surface area contributed by atoms with E-state index in [1.54, 1.807) is 0 Å². The van der Waals surface area contributed by atoms with Crippen LogP contribution in [0.3, 0.4) is 0 Å². The number of carbonyl (C=O) groups is 1. The molecule has 2 amide bonds. The van der Waals surface area contributed by atoms with Gasteiger partial charge in [0.2, 0.25) is 0 Å². The molecule has 2 aromatic carbocycles. The maximum absolute atomic E-state index is 11.7. The number of rotatable bonds is 6. The Hall–Kier alpha value is -2.49. The molecule has 0 saturated carbocycles. The van der Waals surface area contributed by atoms with Crippen LogP contribution in [-0.4, -0.2) is 19.2 Å². The highest BCUT2D eigenvalue weighted by Crippen LogP contribution is 2.15. The van der Waals surface area contributed by atoms with Crippen molar-refractivity contribution >= 4 is 6.03 Å². The summed E-state index contributed by atoms with van der Waals surface area (Å²) in [5.41, 5.74) is 4.72. The van der Waals surface area contributed by atoms with Gasteiger partial charge in [-0.05, 0) is 49.6 Å². The van der Waals surface area contributed by atoms with E-state index in [0.717, 1.165) is 11.3 Å². The van der Waals surface area contributed by atoms with Gasteiger partial charge in [0, 0.05) is 6.54 Å². The molecule has 4 nitrogen and oxygen atoms in total. The smallest absolute Gasteiger partial charge is 0.315 e. The molecule has 4 heteroatoms. The molecule has 0 aliphatic heterocycles. The Labute approximate surface area is 137 Å². The Bertz CT molecular complexity index is 668. The van der Waals surface area contributed by atoms with Gasteiger partial charge in [0.15, 0.2) is 0 Å². The number of nitrogens with one attached hydrogen (secondary N) is 2. The summed E-state index contributed by atoms with van der Waals surface area (Å²) in [6, 6.07) is 13.9. The molecule has 0 bridgehead atoms. The number of aryl methyl sites for hydroxylation is 3. The molecule has 2 rings (SSSR count). The summed E-state index contributed by atoms with van der Waals surface area (Å²) in [7, 11) is 0. The lowest BCUT2D eigenvalue weighted by molar-refractivity contribution is 0.236. The topological polar surface area (TPSA) is 50.4 Å². The van der Waals surface area contributed by atoms with Crippen molar-refractivity contribution in [3.05, 3.63) is 64.7 Å². The van der Waals surface area contributed by atoms with Crippen LogP contribution in [0, 0.1) is 20.8 Å². The number of ether oxygens (including phenoxy) is 1. The molecular weight excluding hydrogens is 288 g/mol. The van der Waals surface area contributed by atoms with Crippen LogP contribution in [0.2, 0.25) is 0 Å². The number of carbonyl (C=O) groups excluding carboxylic acids is 1. The van der Waals surface area contributed by atoms with Crippen molar-refractivity contribution in [1.82, 2.24) is 10.6 Å². The Morgan fingerprint density at radius 1 is 1.00 bits per heavy atom. The molecule has 0 unspecified atom stereocenters. The Kier molecular flexibility index (Phi) is 6.03. The molecule has 0 aromatic heterocycles. The second-order valence-corrected chi connectivity index (χ2v) is 5.69. The van der Waals surface area contributed by atoms with Crippen LogP contribution in [0.4, 0.5) is 4.79 Å². The second kappa shape index (κ2) is 8.22. The van der Waals surface area contributed by atoms with Crippen molar-refractivity contribution in [2.45, 2.75) is 27.3 Å². The van der Waals surface area contributed by atoms with Gasteiger partial charge in [-0.1, -0.05) is 35.9 Å². The average molecular weight is 312 g/mol. The van der Waals surface area contributed by atoms with Crippen LogP contribution >= 0.6 is 0 Å². The van der Waals surface area contributed by atoms with Gasteiger partial charge in [-0.3, -0.25) is 0 Å². The third kappa shape index (κ3) is 5.66. The molecule has 0 spiro atoms. The fourth-order valence-corrected chi connectivity index (χ4v) is 2.20. The molecule has 0 fully saturated rings. The highest BCUT2D eigenvalue weighted by molar-refractivity contribution is 5.73. The lowest BCUT2D eigenvalue weighted by Gasteiger charge is -2.10. The predicted molar refractivity (Wildman–Crippen MR) is 92.8 cm³/mol. The summed E-state index contributed by atoms with van der Waals surface area (Å²) in [5, 5.41) is 5.62. The lowest BCUT2D eigenvalue weighted by Crippen LogP contribution is -2.37. The largest absolute Gasteiger partial charge is 0.492 e. The van der Waals surface area contributed by atoms with Crippen molar-refractivity contribution in [2.75, 3.05) is 13.2 Å². The van der Waals surface area contributed by atoms with Crippen molar-refractivity contribution in [2.24, 2.45) is 0 Å². The van der Waals surface area contributed by atoms with Crippen molar-refractivity contribution < 1.29 is 9.53 Å². The zero-order valence-electron chi connectivity index (χ0n) is 14.0. The molecule has 0 saturated heterocycles. The highest BCUT2D eigenvalue weighted by atomic mass is 16.5. The molecule has 0 aliphatic rings. The molecule has 23 heavy (non-hydrogen) atoms. The maximum Gasteiger partial charge on any atom is 0.315 e. The third-order valence-electron chi connectivity index (χ3n) is 3.67. The van der Waals surface area contributed by atoms with Crippen LogP contribution in [0.25, 0.3) is 0 Å². The second-order valence-electron chi connectivity index (χ2n) is 5.69. The fraction of sp³-hybridized carbons (Fsp3) is 0.316. The Morgan fingerprint density at radius 3 is 2.57 bits per heavy atom. The summed E-state index contributed by atoms with van der Waals surface area (Å²) in [6.45, 7) is 7.59. The Morgan fingerprint density at radius 2 is 1.83 bits per heavy atom. The van der Waals surface area contributed by atoms with Crippen LogP contribution < -0.4 is 15.4 Å². The van der Waals surface area contributed by atoms with Crippen LogP contribution in [0.15, 0.2) is 42.5 Å². The van der Waals surface area contributed by atoms with Gasteiger partial charge in [0.25, 0.3) is 0 Å². The summed E-state index contributed by atoms with van der Waals surface area (Å²) in [6.07, 6.45) is 0. The third-order valence-corrected chi connectivity index (χ3v) is 3.67. The number of amides is 2. The standard InChI is InChI=1S/C19H24N2O2/c1-14-5-4-6-17(11-14)13-21-19(22)20-9-10-23-18-8-7-15(2)16(3)12-18/h4-8,11-12H,9-10,13H2,1-3H3,(H2,20,21,22). The quantitative estimate of drug-likeness (QED) is 0.802. The summed E-state index contributed by atoms with van der Waals surface area (Å²) in [5.74, 6) is 0.829. The number of benzene rings is 2. The van der Waals surface area contributed by atoms with Crippen LogP contribution in [-0.2, 0) is 6.54 Å². The first-order valence-corrected chi connectivity index (χ1v) is 7.82. The highest BCUT2D eigenvalue weighted by Gasteiger charge is 2.01. The first-order chi connectivity index (χ1) is 11.0. The Balaban J connectivity index is 1.65. The zero-order valence-corrected chi connectivity index (χ0v) is 14.0. The normalized spacial score (nSPS) is 10.2. The van der Waals surface area contributed by atoms with E-state index < -0.39 is 0 Å². The molecular formula is C19H24N2O2. The van der Waals surface area contributed by atoms with E-state index in [1.807, 2.05) is 43.3 Å². The zero-order chi connectivity index (χ0) is 16.7. The molecule has 0 radical (unpaired) electrons. The summed E-state index contributed by atoms with van der Waals surface area (Å²) >= 11 is 0.